The van der Waals surface area contributed by atoms with Crippen LogP contribution in [-0.2, 0) is 0 Å². The second kappa shape index (κ2) is 4.17. The van der Waals surface area contributed by atoms with Gasteiger partial charge in [0.25, 0.3) is 5.91 Å². The summed E-state index contributed by atoms with van der Waals surface area (Å²) in [5.41, 5.74) is 2.56. The summed E-state index contributed by atoms with van der Waals surface area (Å²) in [5.74, 6) is 0.578. The minimum Gasteiger partial charge on any atom is -0.464 e. The molecule has 0 radical (unpaired) electrons. The van der Waals surface area contributed by atoms with E-state index in [1.807, 2.05) is 25.1 Å². The fourth-order valence-electron chi connectivity index (χ4n) is 2.06. The van der Waals surface area contributed by atoms with E-state index in [-0.39, 0.29) is 12.1 Å². The number of halogens is 1. The van der Waals surface area contributed by atoms with Crippen LogP contribution in [-0.4, -0.2) is 5.91 Å². The highest BCUT2D eigenvalue weighted by molar-refractivity contribution is 9.10. The van der Waals surface area contributed by atoms with Crippen molar-refractivity contribution in [1.82, 2.24) is 5.32 Å². The Bertz CT molecular complexity index is 621. The number of para-hydroxylation sites is 1. The van der Waals surface area contributed by atoms with Crippen molar-refractivity contribution >= 4 is 27.5 Å². The van der Waals surface area contributed by atoms with Crippen molar-refractivity contribution in [3.8, 4) is 0 Å². The van der Waals surface area contributed by atoms with Crippen LogP contribution in [0.2, 0.25) is 0 Å². The molecule has 2 heterocycles. The van der Waals surface area contributed by atoms with Crippen molar-refractivity contribution in [2.24, 2.45) is 0 Å². The quantitative estimate of drug-likeness (QED) is 0.850. The van der Waals surface area contributed by atoms with Gasteiger partial charge in [0.15, 0.2) is 6.17 Å². The van der Waals surface area contributed by atoms with Crippen LogP contribution in [0.15, 0.2) is 39.4 Å². The maximum absolute atomic E-state index is 12.0. The van der Waals surface area contributed by atoms with E-state index in [1.54, 1.807) is 12.3 Å². The second-order valence-electron chi connectivity index (χ2n) is 4.22. The number of furan rings is 1. The number of anilines is 1. The van der Waals surface area contributed by atoms with Gasteiger partial charge in [0.1, 0.15) is 12.0 Å². The largest absolute Gasteiger partial charge is 0.464 e. The number of benzene rings is 1. The predicted octanol–water partition coefficient (Wildman–Crippen LogP) is 3.20. The zero-order valence-corrected chi connectivity index (χ0v) is 11.2. The molecule has 1 atom stereocenters. The Morgan fingerprint density at radius 1 is 1.33 bits per heavy atom. The average molecular weight is 307 g/mol. The van der Waals surface area contributed by atoms with E-state index in [1.165, 1.54) is 0 Å². The zero-order chi connectivity index (χ0) is 12.7. The molecule has 1 aromatic heterocycles. The molecule has 92 valence electrons. The van der Waals surface area contributed by atoms with Crippen LogP contribution in [0.5, 0.6) is 0 Å². The van der Waals surface area contributed by atoms with Crippen molar-refractivity contribution in [3.05, 3.63) is 51.9 Å². The standard InChI is InChI=1S/C13H11BrN2O2/c1-7-3-2-4-9-11(7)15-12(16-13(9)17)10-5-8(14)6-18-10/h2-6,12,15H,1H3,(H,16,17). The van der Waals surface area contributed by atoms with Gasteiger partial charge >= 0.3 is 0 Å². The molecule has 1 unspecified atom stereocenters. The highest BCUT2D eigenvalue weighted by Gasteiger charge is 2.27. The summed E-state index contributed by atoms with van der Waals surface area (Å²) >= 11 is 3.33. The average Bonchev–Trinajstić information content (AvgIpc) is 2.77. The normalized spacial score (nSPS) is 17.9. The van der Waals surface area contributed by atoms with Crippen LogP contribution in [0.3, 0.4) is 0 Å². The number of amides is 1. The minimum atomic E-state index is -0.336. The number of nitrogens with one attached hydrogen (secondary N) is 2. The minimum absolute atomic E-state index is 0.0926. The van der Waals surface area contributed by atoms with Crippen LogP contribution >= 0.6 is 15.9 Å². The summed E-state index contributed by atoms with van der Waals surface area (Å²) in [4.78, 5) is 12.0. The summed E-state index contributed by atoms with van der Waals surface area (Å²) in [6, 6.07) is 7.49. The topological polar surface area (TPSA) is 54.3 Å². The summed E-state index contributed by atoms with van der Waals surface area (Å²) < 4.78 is 6.23. The molecule has 18 heavy (non-hydrogen) atoms. The van der Waals surface area contributed by atoms with Crippen molar-refractivity contribution in [1.29, 1.82) is 0 Å². The van der Waals surface area contributed by atoms with Gasteiger partial charge in [-0.25, -0.2) is 0 Å². The van der Waals surface area contributed by atoms with Gasteiger partial charge in [0, 0.05) is 0 Å². The molecule has 0 bridgehead atoms. The van der Waals surface area contributed by atoms with Gasteiger partial charge in [-0.2, -0.15) is 0 Å². The maximum atomic E-state index is 12.0. The number of carbonyl (C=O) groups excluding carboxylic acids is 1. The molecule has 4 nitrogen and oxygen atoms in total. The lowest BCUT2D eigenvalue weighted by Gasteiger charge is -2.27. The van der Waals surface area contributed by atoms with E-state index in [4.69, 9.17) is 4.42 Å². The number of carbonyl (C=O) groups is 1. The van der Waals surface area contributed by atoms with Crippen LogP contribution < -0.4 is 10.6 Å². The zero-order valence-electron chi connectivity index (χ0n) is 9.66. The molecule has 1 aliphatic rings. The van der Waals surface area contributed by atoms with Crippen molar-refractivity contribution in [2.75, 3.05) is 5.32 Å². The number of fused-ring (bicyclic) bond motifs is 1. The van der Waals surface area contributed by atoms with E-state index in [9.17, 15) is 4.79 Å². The first-order valence-corrected chi connectivity index (χ1v) is 6.35. The lowest BCUT2D eigenvalue weighted by Crippen LogP contribution is -2.38. The highest BCUT2D eigenvalue weighted by Crippen LogP contribution is 2.30. The number of rotatable bonds is 1. The Morgan fingerprint density at radius 2 is 2.17 bits per heavy atom. The van der Waals surface area contributed by atoms with Gasteiger partial charge in [-0.15, -0.1) is 0 Å². The summed E-state index contributed by atoms with van der Waals surface area (Å²) in [6.07, 6.45) is 1.26. The Balaban J connectivity index is 2.01. The van der Waals surface area contributed by atoms with Gasteiger partial charge in [-0.1, -0.05) is 12.1 Å². The molecule has 5 heteroatoms. The predicted molar refractivity (Wildman–Crippen MR) is 71.4 cm³/mol. The van der Waals surface area contributed by atoms with Crippen molar-refractivity contribution in [3.63, 3.8) is 0 Å². The van der Waals surface area contributed by atoms with E-state index in [2.05, 4.69) is 26.6 Å². The molecule has 0 saturated heterocycles. The van der Waals surface area contributed by atoms with E-state index in [0.717, 1.165) is 15.7 Å². The number of aryl methyl sites for hydroxylation is 1. The summed E-state index contributed by atoms with van der Waals surface area (Å²) in [5, 5.41) is 6.14. The highest BCUT2D eigenvalue weighted by atomic mass is 79.9. The van der Waals surface area contributed by atoms with Gasteiger partial charge < -0.3 is 15.1 Å². The van der Waals surface area contributed by atoms with Crippen LogP contribution in [0, 0.1) is 6.92 Å². The van der Waals surface area contributed by atoms with E-state index in [0.29, 0.717) is 11.3 Å². The molecule has 0 aliphatic carbocycles. The fraction of sp³-hybridized carbons (Fsp3) is 0.154. The second-order valence-corrected chi connectivity index (χ2v) is 5.13. The Hall–Kier alpha value is -1.75. The third kappa shape index (κ3) is 1.80. The Morgan fingerprint density at radius 3 is 2.89 bits per heavy atom. The van der Waals surface area contributed by atoms with Gasteiger partial charge in [-0.3, -0.25) is 4.79 Å². The third-order valence-electron chi connectivity index (χ3n) is 2.95. The molecule has 1 aliphatic heterocycles. The van der Waals surface area contributed by atoms with Gasteiger partial charge in [-0.05, 0) is 40.5 Å². The van der Waals surface area contributed by atoms with Crippen LogP contribution in [0.25, 0.3) is 0 Å². The summed E-state index contributed by atoms with van der Waals surface area (Å²) in [6.45, 7) is 1.97. The van der Waals surface area contributed by atoms with Gasteiger partial charge in [0.2, 0.25) is 0 Å². The molecular weight excluding hydrogens is 296 g/mol. The number of hydrogen-bond donors (Lipinski definition) is 2. The smallest absolute Gasteiger partial charge is 0.255 e. The first-order valence-electron chi connectivity index (χ1n) is 5.56. The monoisotopic (exact) mass is 306 g/mol. The van der Waals surface area contributed by atoms with Crippen LogP contribution in [0.1, 0.15) is 27.8 Å². The Kier molecular flexibility index (Phi) is 2.63. The van der Waals surface area contributed by atoms with Crippen LogP contribution in [0.4, 0.5) is 5.69 Å². The first kappa shape index (κ1) is 11.3. The molecule has 1 amide bonds. The molecule has 1 aromatic carbocycles. The molecule has 2 N–H and O–H groups in total. The third-order valence-corrected chi connectivity index (χ3v) is 3.37. The molecule has 2 aromatic rings. The SMILES string of the molecule is Cc1cccc2c1NC(c1cc(Br)co1)NC2=O. The first-order chi connectivity index (χ1) is 8.65. The summed E-state index contributed by atoms with van der Waals surface area (Å²) in [7, 11) is 0. The maximum Gasteiger partial charge on any atom is 0.255 e. The Labute approximate surface area is 113 Å². The van der Waals surface area contributed by atoms with E-state index < -0.39 is 0 Å². The molecule has 0 fully saturated rings. The lowest BCUT2D eigenvalue weighted by molar-refractivity contribution is 0.0931. The number of hydrogen-bond acceptors (Lipinski definition) is 3. The molecule has 0 saturated carbocycles. The van der Waals surface area contributed by atoms with Crippen molar-refractivity contribution < 1.29 is 9.21 Å². The molecule has 3 rings (SSSR count). The van der Waals surface area contributed by atoms with Gasteiger partial charge in [0.05, 0.1) is 15.7 Å². The lowest BCUT2D eigenvalue weighted by atomic mass is 10.0. The van der Waals surface area contributed by atoms with E-state index >= 15 is 0 Å². The van der Waals surface area contributed by atoms with Crippen molar-refractivity contribution in [2.45, 2.75) is 13.1 Å². The fourth-order valence-corrected chi connectivity index (χ4v) is 2.38. The molecular formula is C13H11BrN2O2. The molecule has 0 spiro atoms.